The highest BCUT2D eigenvalue weighted by Crippen LogP contribution is 2.32. The first-order chi connectivity index (χ1) is 17.4. The van der Waals surface area contributed by atoms with Crippen molar-refractivity contribution in [1.29, 1.82) is 0 Å². The molecule has 4 aromatic carbocycles. The second kappa shape index (κ2) is 9.87. The molecule has 0 radical (unpaired) electrons. The van der Waals surface area contributed by atoms with Gasteiger partial charge in [0.25, 0.3) is 5.91 Å². The summed E-state index contributed by atoms with van der Waals surface area (Å²) >= 11 is 1.61. The van der Waals surface area contributed by atoms with E-state index in [4.69, 9.17) is 0 Å². The van der Waals surface area contributed by atoms with Gasteiger partial charge in [-0.05, 0) is 47.0 Å². The minimum absolute atomic E-state index is 0.370. The molecule has 7 heteroatoms. The summed E-state index contributed by atoms with van der Waals surface area (Å²) in [4.78, 5) is 40.9. The molecule has 1 aliphatic rings. The van der Waals surface area contributed by atoms with Gasteiger partial charge in [0.1, 0.15) is 12.1 Å². The summed E-state index contributed by atoms with van der Waals surface area (Å²) in [5, 5.41) is 7.67. The molecule has 1 fully saturated rings. The Hall–Kier alpha value is -4.10. The molecule has 6 nitrogen and oxygen atoms in total. The maximum Gasteiger partial charge on any atom is 0.325 e. The molecule has 1 saturated heterocycles. The number of nitrogens with one attached hydrogen (secondary N) is 2. The molecule has 1 heterocycles. The minimum Gasteiger partial charge on any atom is -0.324 e. The van der Waals surface area contributed by atoms with Crippen molar-refractivity contribution in [2.24, 2.45) is 0 Å². The fourth-order valence-corrected chi connectivity index (χ4v) is 5.26. The molecule has 0 bridgehead atoms. The van der Waals surface area contributed by atoms with Crippen LogP contribution in [0.1, 0.15) is 18.1 Å². The van der Waals surface area contributed by atoms with Gasteiger partial charge in [-0.25, -0.2) is 4.79 Å². The number of carbonyl (C=O) groups is 3. The van der Waals surface area contributed by atoms with Crippen LogP contribution in [0.4, 0.5) is 10.5 Å². The van der Waals surface area contributed by atoms with Crippen LogP contribution in [0.2, 0.25) is 0 Å². The van der Waals surface area contributed by atoms with Gasteiger partial charge in [-0.1, -0.05) is 78.9 Å². The first-order valence-electron chi connectivity index (χ1n) is 11.6. The number of carbonyl (C=O) groups excluding carboxylic acids is 3. The van der Waals surface area contributed by atoms with Crippen molar-refractivity contribution < 1.29 is 14.4 Å². The largest absolute Gasteiger partial charge is 0.325 e. The molecule has 36 heavy (non-hydrogen) atoms. The number of thioether (sulfide) groups is 1. The van der Waals surface area contributed by atoms with Crippen LogP contribution < -0.4 is 10.6 Å². The zero-order valence-electron chi connectivity index (χ0n) is 19.7. The number of rotatable bonds is 7. The molecule has 1 aliphatic heterocycles. The van der Waals surface area contributed by atoms with E-state index in [0.717, 1.165) is 26.3 Å². The fourth-order valence-electron chi connectivity index (χ4n) is 4.30. The van der Waals surface area contributed by atoms with Gasteiger partial charge < -0.3 is 10.6 Å². The fraction of sp³-hybridized carbons (Fsp3) is 0.138. The third-order valence-corrected chi connectivity index (χ3v) is 7.45. The maximum absolute atomic E-state index is 13.3. The minimum atomic E-state index is -1.25. The Morgan fingerprint density at radius 1 is 0.889 bits per heavy atom. The standard InChI is InChI=1S/C29H25N3O3S/c1-29(23-16-15-21-11-5-6-12-22(21)17-23)27(34)32(28(35)31-29)18-26(33)30-24-13-7-8-14-25(24)36-19-20-9-3-2-4-10-20/h2-17H,18-19H2,1H3,(H,30,33)(H,31,35). The van der Waals surface area contributed by atoms with Gasteiger partial charge in [0.05, 0.1) is 5.69 Å². The molecular weight excluding hydrogens is 470 g/mol. The highest BCUT2D eigenvalue weighted by Gasteiger charge is 2.49. The van der Waals surface area contributed by atoms with Crippen molar-refractivity contribution in [3.05, 3.63) is 108 Å². The van der Waals surface area contributed by atoms with Crippen LogP contribution >= 0.6 is 11.8 Å². The zero-order chi connectivity index (χ0) is 25.1. The number of imide groups is 1. The first-order valence-corrected chi connectivity index (χ1v) is 12.6. The summed E-state index contributed by atoms with van der Waals surface area (Å²) in [6.45, 7) is 1.30. The SMILES string of the molecule is CC1(c2ccc3ccccc3c2)NC(=O)N(CC(=O)Nc2ccccc2SCc2ccccc2)C1=O. The van der Waals surface area contributed by atoms with E-state index in [-0.39, 0.29) is 6.54 Å². The van der Waals surface area contributed by atoms with Crippen LogP contribution in [0.5, 0.6) is 0 Å². The Balaban J connectivity index is 1.29. The van der Waals surface area contributed by atoms with Crippen LogP contribution in [0.3, 0.4) is 0 Å². The topological polar surface area (TPSA) is 78.5 Å². The van der Waals surface area contributed by atoms with Crippen molar-refractivity contribution in [2.75, 3.05) is 11.9 Å². The smallest absolute Gasteiger partial charge is 0.324 e. The Labute approximate surface area is 213 Å². The lowest BCUT2D eigenvalue weighted by molar-refractivity contribution is -0.133. The molecule has 1 atom stereocenters. The zero-order valence-corrected chi connectivity index (χ0v) is 20.5. The molecule has 0 saturated carbocycles. The van der Waals surface area contributed by atoms with Crippen molar-refractivity contribution in [1.82, 2.24) is 10.2 Å². The predicted molar refractivity (Wildman–Crippen MR) is 143 cm³/mol. The van der Waals surface area contributed by atoms with Crippen LogP contribution in [0.25, 0.3) is 10.8 Å². The van der Waals surface area contributed by atoms with Crippen LogP contribution in [0.15, 0.2) is 102 Å². The van der Waals surface area contributed by atoms with E-state index in [1.165, 1.54) is 5.56 Å². The highest BCUT2D eigenvalue weighted by atomic mass is 32.2. The number of fused-ring (bicyclic) bond motifs is 1. The highest BCUT2D eigenvalue weighted by molar-refractivity contribution is 7.98. The lowest BCUT2D eigenvalue weighted by atomic mass is 9.90. The number of hydrogen-bond acceptors (Lipinski definition) is 4. The summed E-state index contributed by atoms with van der Waals surface area (Å²) in [5.74, 6) is -0.135. The van der Waals surface area contributed by atoms with E-state index in [1.54, 1.807) is 18.7 Å². The number of nitrogens with zero attached hydrogens (tertiary/aromatic N) is 1. The normalized spacial score (nSPS) is 17.3. The first kappa shape index (κ1) is 23.6. The molecule has 4 amide bonds. The van der Waals surface area contributed by atoms with Gasteiger partial charge in [0.2, 0.25) is 5.91 Å². The van der Waals surface area contributed by atoms with Gasteiger partial charge >= 0.3 is 6.03 Å². The van der Waals surface area contributed by atoms with Crippen molar-refractivity contribution in [3.63, 3.8) is 0 Å². The van der Waals surface area contributed by atoms with E-state index in [0.29, 0.717) is 11.3 Å². The summed E-state index contributed by atoms with van der Waals surface area (Å²) in [6.07, 6.45) is 0. The van der Waals surface area contributed by atoms with Crippen LogP contribution in [0, 0.1) is 0 Å². The third-order valence-electron chi connectivity index (χ3n) is 6.30. The Kier molecular flexibility index (Phi) is 6.48. The number of urea groups is 1. The van der Waals surface area contributed by atoms with E-state index in [9.17, 15) is 14.4 Å². The summed E-state index contributed by atoms with van der Waals surface area (Å²) in [5.41, 5.74) is 1.25. The number of para-hydroxylation sites is 1. The van der Waals surface area contributed by atoms with Gasteiger partial charge in [0, 0.05) is 10.6 Å². The van der Waals surface area contributed by atoms with E-state index >= 15 is 0 Å². The van der Waals surface area contributed by atoms with Crippen LogP contribution in [-0.2, 0) is 20.9 Å². The van der Waals surface area contributed by atoms with Crippen LogP contribution in [-0.4, -0.2) is 29.3 Å². The predicted octanol–water partition coefficient (Wildman–Crippen LogP) is 5.54. The van der Waals surface area contributed by atoms with Crippen molar-refractivity contribution >= 4 is 46.1 Å². The van der Waals surface area contributed by atoms with Gasteiger partial charge in [-0.2, -0.15) is 0 Å². The molecule has 0 aromatic heterocycles. The summed E-state index contributed by atoms with van der Waals surface area (Å²) in [6, 6.07) is 30.5. The Bertz CT molecular complexity index is 1460. The Morgan fingerprint density at radius 3 is 2.39 bits per heavy atom. The molecule has 180 valence electrons. The molecule has 2 N–H and O–H groups in total. The average Bonchev–Trinajstić information content (AvgIpc) is 3.12. The summed E-state index contributed by atoms with van der Waals surface area (Å²) < 4.78 is 0. The van der Waals surface area contributed by atoms with Crippen molar-refractivity contribution in [3.8, 4) is 0 Å². The molecule has 4 aromatic rings. The van der Waals surface area contributed by atoms with Gasteiger partial charge in [-0.15, -0.1) is 11.8 Å². The van der Waals surface area contributed by atoms with E-state index in [2.05, 4.69) is 22.8 Å². The lowest BCUT2D eigenvalue weighted by Crippen LogP contribution is -2.42. The molecule has 0 spiro atoms. The lowest BCUT2D eigenvalue weighted by Gasteiger charge is -2.22. The monoisotopic (exact) mass is 495 g/mol. The quantitative estimate of drug-likeness (QED) is 0.261. The van der Waals surface area contributed by atoms with Crippen molar-refractivity contribution in [2.45, 2.75) is 23.1 Å². The Morgan fingerprint density at radius 2 is 1.58 bits per heavy atom. The molecule has 1 unspecified atom stereocenters. The number of amides is 4. The van der Waals surface area contributed by atoms with Gasteiger partial charge in [0.15, 0.2) is 0 Å². The number of hydrogen-bond donors (Lipinski definition) is 2. The molecular formula is C29H25N3O3S. The molecule has 0 aliphatic carbocycles. The number of benzene rings is 4. The second-order valence-electron chi connectivity index (χ2n) is 8.83. The summed E-state index contributed by atoms with van der Waals surface area (Å²) in [7, 11) is 0. The van der Waals surface area contributed by atoms with Gasteiger partial charge in [-0.3, -0.25) is 14.5 Å². The number of anilines is 1. The average molecular weight is 496 g/mol. The second-order valence-corrected chi connectivity index (χ2v) is 9.84. The molecule has 5 rings (SSSR count). The van der Waals surface area contributed by atoms with E-state index < -0.39 is 23.4 Å². The van der Waals surface area contributed by atoms with E-state index in [1.807, 2.05) is 84.9 Å². The third kappa shape index (κ3) is 4.70. The maximum atomic E-state index is 13.3.